The molecule has 0 radical (unpaired) electrons. The summed E-state index contributed by atoms with van der Waals surface area (Å²) in [5.41, 5.74) is 4.89. The van der Waals surface area contributed by atoms with E-state index in [0.29, 0.717) is 0 Å². The van der Waals surface area contributed by atoms with Gasteiger partial charge in [0.05, 0.1) is 2.88 Å². The first kappa shape index (κ1) is 13.3. The van der Waals surface area contributed by atoms with Crippen LogP contribution in [0.25, 0.3) is 15.7 Å². The minimum absolute atomic E-state index is 0.941. The smallest absolute Gasteiger partial charge is 0.217 e. The molecule has 3 aromatic heterocycles. The molecule has 0 aliphatic heterocycles. The summed E-state index contributed by atoms with van der Waals surface area (Å²) in [6.45, 7) is 6.31. The van der Waals surface area contributed by atoms with Crippen molar-refractivity contribution >= 4 is 45.3 Å². The second-order valence-electron chi connectivity index (χ2n) is 4.41. The zero-order chi connectivity index (χ0) is 13.6. The summed E-state index contributed by atoms with van der Waals surface area (Å²) in [6, 6.07) is 4.21. The molecular formula is C13H12IN3S2. The molecule has 0 aliphatic carbocycles. The lowest BCUT2D eigenvalue weighted by Crippen LogP contribution is -1.97. The zero-order valence-electron chi connectivity index (χ0n) is 10.8. The molecule has 0 aliphatic rings. The van der Waals surface area contributed by atoms with Gasteiger partial charge in [-0.25, -0.2) is 0 Å². The van der Waals surface area contributed by atoms with Gasteiger partial charge in [0.1, 0.15) is 0 Å². The van der Waals surface area contributed by atoms with E-state index in [-0.39, 0.29) is 0 Å². The molecule has 3 heterocycles. The standard InChI is InChI=1S/C13H12IN3S2/c1-7-6-18-11(14)10(7)12-15-16-13(19-12)17-8(2)4-5-9(17)3/h4-6H,1-3H3. The normalized spacial score (nSPS) is 11.2. The number of aromatic nitrogens is 3. The van der Waals surface area contributed by atoms with Crippen molar-refractivity contribution in [1.29, 1.82) is 0 Å². The molecule has 6 heteroatoms. The number of nitrogens with zero attached hydrogens (tertiary/aromatic N) is 3. The Morgan fingerprint density at radius 2 is 1.79 bits per heavy atom. The molecule has 0 fully saturated rings. The van der Waals surface area contributed by atoms with Crippen LogP contribution in [0.4, 0.5) is 0 Å². The predicted molar refractivity (Wildman–Crippen MR) is 89.5 cm³/mol. The average Bonchev–Trinajstić information content (AvgIpc) is 3.02. The van der Waals surface area contributed by atoms with Crippen LogP contribution in [0.1, 0.15) is 17.0 Å². The minimum atomic E-state index is 0.941. The average molecular weight is 401 g/mol. The summed E-state index contributed by atoms with van der Waals surface area (Å²) in [5.74, 6) is 0. The van der Waals surface area contributed by atoms with E-state index in [4.69, 9.17) is 0 Å². The maximum atomic E-state index is 4.37. The quantitative estimate of drug-likeness (QED) is 0.589. The van der Waals surface area contributed by atoms with Crippen LogP contribution in [0.15, 0.2) is 17.5 Å². The van der Waals surface area contributed by atoms with Crippen molar-refractivity contribution in [3.05, 3.63) is 37.3 Å². The van der Waals surface area contributed by atoms with Crippen molar-refractivity contribution in [3.63, 3.8) is 0 Å². The third kappa shape index (κ3) is 2.25. The molecule has 3 aromatic rings. The highest BCUT2D eigenvalue weighted by Crippen LogP contribution is 2.36. The van der Waals surface area contributed by atoms with Crippen molar-refractivity contribution in [1.82, 2.24) is 14.8 Å². The van der Waals surface area contributed by atoms with E-state index in [1.807, 2.05) is 0 Å². The summed E-state index contributed by atoms with van der Waals surface area (Å²) in [4.78, 5) is 0. The lowest BCUT2D eigenvalue weighted by atomic mass is 10.2. The predicted octanol–water partition coefficient (Wildman–Crippen LogP) is 4.59. The highest BCUT2D eigenvalue weighted by molar-refractivity contribution is 14.1. The van der Waals surface area contributed by atoms with E-state index in [2.05, 4.69) is 75.6 Å². The topological polar surface area (TPSA) is 30.7 Å². The molecule has 0 saturated carbocycles. The van der Waals surface area contributed by atoms with Crippen LogP contribution < -0.4 is 0 Å². The molecular weight excluding hydrogens is 389 g/mol. The number of hydrogen-bond acceptors (Lipinski definition) is 4. The van der Waals surface area contributed by atoms with Gasteiger partial charge >= 0.3 is 0 Å². The van der Waals surface area contributed by atoms with E-state index in [9.17, 15) is 0 Å². The molecule has 0 saturated heterocycles. The van der Waals surface area contributed by atoms with E-state index >= 15 is 0 Å². The molecule has 0 aromatic carbocycles. The van der Waals surface area contributed by atoms with E-state index in [1.165, 1.54) is 25.4 Å². The third-order valence-corrected chi connectivity index (χ3v) is 6.13. The summed E-state index contributed by atoms with van der Waals surface area (Å²) in [7, 11) is 0. The largest absolute Gasteiger partial charge is 0.293 e. The minimum Gasteiger partial charge on any atom is -0.293 e. The van der Waals surface area contributed by atoms with Crippen LogP contribution >= 0.6 is 45.3 Å². The number of hydrogen-bond donors (Lipinski definition) is 0. The number of aryl methyl sites for hydroxylation is 3. The molecule has 0 unspecified atom stereocenters. The second-order valence-corrected chi connectivity index (χ2v) is 8.06. The number of halogens is 1. The van der Waals surface area contributed by atoms with Gasteiger partial charge < -0.3 is 0 Å². The van der Waals surface area contributed by atoms with Gasteiger partial charge in [0, 0.05) is 17.0 Å². The SMILES string of the molecule is Cc1csc(I)c1-c1nnc(-n2c(C)ccc2C)s1. The van der Waals surface area contributed by atoms with Gasteiger partial charge in [-0.1, -0.05) is 11.3 Å². The second kappa shape index (κ2) is 4.99. The maximum Gasteiger partial charge on any atom is 0.217 e. The molecule has 0 amide bonds. The van der Waals surface area contributed by atoms with E-state index in [1.54, 1.807) is 22.7 Å². The van der Waals surface area contributed by atoms with Crippen LogP contribution in [0, 0.1) is 23.7 Å². The van der Waals surface area contributed by atoms with Crippen LogP contribution in [0.3, 0.4) is 0 Å². The van der Waals surface area contributed by atoms with Gasteiger partial charge in [-0.3, -0.25) is 4.57 Å². The van der Waals surface area contributed by atoms with Crippen LogP contribution in [-0.2, 0) is 0 Å². The first-order chi connectivity index (χ1) is 9.08. The molecule has 98 valence electrons. The van der Waals surface area contributed by atoms with Crippen LogP contribution in [0.5, 0.6) is 0 Å². The molecule has 3 nitrogen and oxygen atoms in total. The Morgan fingerprint density at radius 1 is 1.11 bits per heavy atom. The van der Waals surface area contributed by atoms with Crippen LogP contribution in [-0.4, -0.2) is 14.8 Å². The Labute approximate surface area is 133 Å². The van der Waals surface area contributed by atoms with Gasteiger partial charge in [-0.15, -0.1) is 21.5 Å². The summed E-state index contributed by atoms with van der Waals surface area (Å²) < 4.78 is 3.43. The van der Waals surface area contributed by atoms with Crippen LogP contribution in [0.2, 0.25) is 0 Å². The monoisotopic (exact) mass is 401 g/mol. The van der Waals surface area contributed by atoms with Gasteiger partial charge in [0.2, 0.25) is 5.13 Å². The Kier molecular flexibility index (Phi) is 3.48. The Hall–Kier alpha value is -0.730. The van der Waals surface area contributed by atoms with E-state index < -0.39 is 0 Å². The molecule has 3 rings (SSSR count). The molecule has 19 heavy (non-hydrogen) atoms. The van der Waals surface area contributed by atoms with Crippen molar-refractivity contribution in [2.24, 2.45) is 0 Å². The summed E-state index contributed by atoms with van der Waals surface area (Å²) >= 11 is 5.78. The highest BCUT2D eigenvalue weighted by atomic mass is 127. The first-order valence-corrected chi connectivity index (χ1v) is 8.58. The summed E-state index contributed by atoms with van der Waals surface area (Å²) in [5, 5.41) is 12.8. The summed E-state index contributed by atoms with van der Waals surface area (Å²) in [6.07, 6.45) is 0. The van der Waals surface area contributed by atoms with Gasteiger partial charge in [0.25, 0.3) is 0 Å². The lowest BCUT2D eigenvalue weighted by molar-refractivity contribution is 0.913. The zero-order valence-corrected chi connectivity index (χ0v) is 14.6. The van der Waals surface area contributed by atoms with Crippen molar-refractivity contribution in [3.8, 4) is 15.7 Å². The fraction of sp³-hybridized carbons (Fsp3) is 0.231. The van der Waals surface area contributed by atoms with Crippen molar-refractivity contribution in [2.75, 3.05) is 0 Å². The third-order valence-electron chi connectivity index (χ3n) is 3.02. The van der Waals surface area contributed by atoms with Crippen molar-refractivity contribution in [2.45, 2.75) is 20.8 Å². The number of thiophene rings is 1. The fourth-order valence-corrected chi connectivity index (χ4v) is 5.21. The number of rotatable bonds is 2. The van der Waals surface area contributed by atoms with Crippen molar-refractivity contribution < 1.29 is 0 Å². The first-order valence-electron chi connectivity index (χ1n) is 5.80. The molecule has 0 atom stereocenters. The Morgan fingerprint density at radius 3 is 2.37 bits per heavy atom. The lowest BCUT2D eigenvalue weighted by Gasteiger charge is -2.02. The van der Waals surface area contributed by atoms with Gasteiger partial charge in [-0.05, 0) is 66.4 Å². The van der Waals surface area contributed by atoms with Gasteiger partial charge in [-0.2, -0.15) is 0 Å². The molecule has 0 bridgehead atoms. The fourth-order valence-electron chi connectivity index (χ4n) is 2.04. The van der Waals surface area contributed by atoms with Gasteiger partial charge in [0.15, 0.2) is 5.01 Å². The highest BCUT2D eigenvalue weighted by Gasteiger charge is 2.16. The molecule has 0 spiro atoms. The van der Waals surface area contributed by atoms with E-state index in [0.717, 1.165) is 10.1 Å². The Bertz CT molecular complexity index is 639. The Balaban J connectivity index is 2.10. The maximum absolute atomic E-state index is 4.37. The molecule has 0 N–H and O–H groups in total.